The number of rotatable bonds is 0. The molecule has 3 rings (SSSR count). The van der Waals surface area contributed by atoms with Crippen LogP contribution in [0.4, 0.5) is 5.69 Å². The average Bonchev–Trinajstić information content (AvgIpc) is 2.36. The van der Waals surface area contributed by atoms with E-state index < -0.39 is 6.92 Å². The molecule has 0 saturated heterocycles. The molecule has 2 aliphatic rings. The molecule has 0 amide bonds. The molecule has 0 bridgehead atoms. The van der Waals surface area contributed by atoms with Crippen LogP contribution >= 0.6 is 0 Å². The lowest BCUT2D eigenvalue weighted by Gasteiger charge is -2.41. The van der Waals surface area contributed by atoms with Gasteiger partial charge in [-0.2, -0.15) is 0 Å². The third-order valence-corrected chi connectivity index (χ3v) is 3.59. The molecule has 1 heterocycles. The van der Waals surface area contributed by atoms with Gasteiger partial charge in [0.05, 0.1) is 0 Å². The maximum atomic E-state index is 10.4. The zero-order chi connectivity index (χ0) is 11.1. The lowest BCUT2D eigenvalue weighted by atomic mass is 9.46. The first-order valence-corrected chi connectivity index (χ1v) is 5.64. The van der Waals surface area contributed by atoms with Gasteiger partial charge in [0, 0.05) is 24.6 Å². The second kappa shape index (κ2) is 3.53. The first-order valence-electron chi connectivity index (χ1n) is 5.64. The van der Waals surface area contributed by atoms with Crippen LogP contribution in [0.15, 0.2) is 48.6 Å². The first kappa shape index (κ1) is 9.73. The molecule has 3 heteroatoms. The summed E-state index contributed by atoms with van der Waals surface area (Å²) in [7, 11) is 2.09. The minimum absolute atomic E-state index is 0.171. The van der Waals surface area contributed by atoms with E-state index >= 15 is 0 Å². The predicted octanol–water partition coefficient (Wildman–Crippen LogP) is 1.19. The number of nitrogens with zero attached hydrogens (tertiary/aromatic N) is 1. The highest BCUT2D eigenvalue weighted by Gasteiger charge is 2.39. The van der Waals surface area contributed by atoms with Gasteiger partial charge in [-0.05, 0) is 11.5 Å². The van der Waals surface area contributed by atoms with Crippen LogP contribution in [0.25, 0.3) is 0 Å². The topological polar surface area (TPSA) is 23.5 Å². The summed E-state index contributed by atoms with van der Waals surface area (Å²) in [4.78, 5) is 2.24. The summed E-state index contributed by atoms with van der Waals surface area (Å²) in [5.74, 6) is 0.171. The second-order valence-electron chi connectivity index (χ2n) is 4.45. The third kappa shape index (κ3) is 1.25. The van der Waals surface area contributed by atoms with Crippen molar-refractivity contribution >= 4 is 18.1 Å². The fraction of sp³-hybridized carbons (Fsp3) is 0.231. The van der Waals surface area contributed by atoms with Crippen molar-refractivity contribution in [3.05, 3.63) is 48.6 Å². The molecule has 1 aromatic carbocycles. The van der Waals surface area contributed by atoms with Crippen LogP contribution in [0.1, 0.15) is 0 Å². The molecule has 16 heavy (non-hydrogen) atoms. The summed E-state index contributed by atoms with van der Waals surface area (Å²) < 4.78 is 0. The Morgan fingerprint density at radius 3 is 2.81 bits per heavy atom. The Bertz CT molecular complexity index is 426. The van der Waals surface area contributed by atoms with E-state index in [1.165, 1.54) is 0 Å². The Labute approximate surface area is 96.0 Å². The van der Waals surface area contributed by atoms with Crippen molar-refractivity contribution in [2.24, 2.45) is 0 Å². The van der Waals surface area contributed by atoms with Crippen molar-refractivity contribution in [2.45, 2.75) is 11.9 Å². The molecule has 0 aromatic heterocycles. The summed E-state index contributed by atoms with van der Waals surface area (Å²) in [6, 6.07) is 8.36. The number of anilines is 1. The van der Waals surface area contributed by atoms with Gasteiger partial charge in [0.25, 0.3) is 0 Å². The summed E-state index contributed by atoms with van der Waals surface area (Å²) in [6.07, 6.45) is 8.33. The molecule has 0 fully saturated rings. The molecule has 0 spiro atoms. The Kier molecular flexibility index (Phi) is 2.15. The number of likely N-dealkylation sites (N-methyl/N-ethyl adjacent to an activating group) is 1. The smallest absolute Gasteiger partial charge is 0.335 e. The predicted molar refractivity (Wildman–Crippen MR) is 68.3 cm³/mol. The van der Waals surface area contributed by atoms with Crippen LogP contribution in [0.3, 0.4) is 0 Å². The minimum atomic E-state index is -0.390. The van der Waals surface area contributed by atoms with E-state index in [1.54, 1.807) is 0 Å². The number of benzene rings is 1. The largest absolute Gasteiger partial charge is 0.446 e. The molecule has 1 N–H and O–H groups in total. The zero-order valence-electron chi connectivity index (χ0n) is 9.25. The number of allylic oxidation sites excluding steroid dienone is 2. The molecular weight excluding hydrogens is 197 g/mol. The Morgan fingerprint density at radius 2 is 1.94 bits per heavy atom. The summed E-state index contributed by atoms with van der Waals surface area (Å²) >= 11 is 0. The lowest BCUT2D eigenvalue weighted by Crippen LogP contribution is -2.53. The van der Waals surface area contributed by atoms with Gasteiger partial charge in [-0.25, -0.2) is 0 Å². The molecule has 0 saturated carbocycles. The zero-order valence-corrected chi connectivity index (χ0v) is 9.25. The Morgan fingerprint density at radius 1 is 1.19 bits per heavy atom. The van der Waals surface area contributed by atoms with Crippen LogP contribution in [-0.4, -0.2) is 25.0 Å². The summed E-state index contributed by atoms with van der Waals surface area (Å²) in [5.41, 5.74) is 2.17. The van der Waals surface area contributed by atoms with Crippen LogP contribution < -0.4 is 10.4 Å². The quantitative estimate of drug-likeness (QED) is 0.651. The number of hydrogen-bond acceptors (Lipinski definition) is 2. The van der Waals surface area contributed by atoms with E-state index in [4.69, 9.17) is 0 Å². The van der Waals surface area contributed by atoms with Crippen molar-refractivity contribution in [3.63, 3.8) is 0 Å². The van der Waals surface area contributed by atoms with Crippen LogP contribution in [-0.2, 0) is 0 Å². The standard InChI is InChI=1S/C13H14BNO/c1-15-12-8-4-2-6-10(12)14(16)11-7-3-5-9-13(11)15/h2-10,12,16H,1H3. The minimum Gasteiger partial charge on any atom is -0.446 e. The van der Waals surface area contributed by atoms with Crippen LogP contribution in [0.5, 0.6) is 0 Å². The molecule has 80 valence electrons. The maximum Gasteiger partial charge on any atom is 0.335 e. The lowest BCUT2D eigenvalue weighted by molar-refractivity contribution is 0.550. The molecule has 1 aliphatic heterocycles. The van der Waals surface area contributed by atoms with Crippen molar-refractivity contribution in [2.75, 3.05) is 11.9 Å². The highest BCUT2D eigenvalue weighted by Crippen LogP contribution is 2.33. The van der Waals surface area contributed by atoms with Gasteiger partial charge in [-0.15, -0.1) is 0 Å². The summed E-state index contributed by atoms with van der Waals surface area (Å²) in [6.45, 7) is -0.390. The Balaban J connectivity index is 2.13. The fourth-order valence-corrected chi connectivity index (χ4v) is 2.72. The molecular formula is C13H14BNO. The molecule has 1 aliphatic carbocycles. The van der Waals surface area contributed by atoms with Crippen molar-refractivity contribution < 1.29 is 5.02 Å². The number of para-hydroxylation sites is 1. The van der Waals surface area contributed by atoms with E-state index in [0.717, 1.165) is 11.2 Å². The van der Waals surface area contributed by atoms with Gasteiger partial charge in [0.1, 0.15) is 0 Å². The van der Waals surface area contributed by atoms with Crippen LogP contribution in [0, 0.1) is 0 Å². The van der Waals surface area contributed by atoms with Crippen LogP contribution in [0.2, 0.25) is 5.82 Å². The van der Waals surface area contributed by atoms with Crippen molar-refractivity contribution in [1.29, 1.82) is 0 Å². The van der Waals surface area contributed by atoms with Gasteiger partial charge in [-0.1, -0.05) is 42.5 Å². The summed E-state index contributed by atoms with van der Waals surface area (Å²) in [5, 5.41) is 10.4. The third-order valence-electron chi connectivity index (χ3n) is 3.59. The van der Waals surface area contributed by atoms with E-state index in [-0.39, 0.29) is 11.9 Å². The second-order valence-corrected chi connectivity index (χ2v) is 4.45. The van der Waals surface area contributed by atoms with E-state index in [1.807, 2.05) is 24.3 Å². The first-order chi connectivity index (χ1) is 7.79. The fourth-order valence-electron chi connectivity index (χ4n) is 2.72. The maximum absolute atomic E-state index is 10.4. The van der Waals surface area contributed by atoms with Gasteiger partial charge >= 0.3 is 6.92 Å². The van der Waals surface area contributed by atoms with Gasteiger partial charge in [-0.3, -0.25) is 0 Å². The normalized spacial score (nSPS) is 26.6. The van der Waals surface area contributed by atoms with E-state index in [0.29, 0.717) is 0 Å². The molecule has 0 radical (unpaired) electrons. The van der Waals surface area contributed by atoms with Gasteiger partial charge in [0.2, 0.25) is 0 Å². The van der Waals surface area contributed by atoms with E-state index in [2.05, 4.69) is 36.2 Å². The van der Waals surface area contributed by atoms with Crippen molar-refractivity contribution in [3.8, 4) is 0 Å². The number of hydrogen-bond donors (Lipinski definition) is 1. The molecule has 2 nitrogen and oxygen atoms in total. The van der Waals surface area contributed by atoms with Gasteiger partial charge in [0.15, 0.2) is 0 Å². The molecule has 2 unspecified atom stereocenters. The SMILES string of the molecule is CN1c2ccccc2B(O)C2C=CC=CC21. The van der Waals surface area contributed by atoms with Crippen molar-refractivity contribution in [1.82, 2.24) is 0 Å². The highest BCUT2D eigenvalue weighted by molar-refractivity contribution is 6.70. The number of fused-ring (bicyclic) bond motifs is 2. The molecule has 2 atom stereocenters. The average molecular weight is 211 g/mol. The van der Waals surface area contributed by atoms with Gasteiger partial charge < -0.3 is 9.92 Å². The molecule has 1 aromatic rings. The highest BCUT2D eigenvalue weighted by atomic mass is 16.2. The van der Waals surface area contributed by atoms with E-state index in [9.17, 15) is 5.02 Å². The Hall–Kier alpha value is -1.48. The monoisotopic (exact) mass is 211 g/mol.